The van der Waals surface area contributed by atoms with Crippen LogP contribution in [-0.4, -0.2) is 49.4 Å². The average molecular weight is 478 g/mol. The zero-order valence-electron chi connectivity index (χ0n) is 17.2. The van der Waals surface area contributed by atoms with Gasteiger partial charge < -0.3 is 20.7 Å². The molecule has 0 fully saturated rings. The van der Waals surface area contributed by atoms with Crippen molar-refractivity contribution in [1.82, 2.24) is 15.6 Å². The van der Waals surface area contributed by atoms with Crippen LogP contribution in [0.1, 0.15) is 21.6 Å². The van der Waals surface area contributed by atoms with Gasteiger partial charge in [-0.2, -0.15) is 0 Å². The molecule has 168 valence electrons. The van der Waals surface area contributed by atoms with Gasteiger partial charge in [0.15, 0.2) is 0 Å². The van der Waals surface area contributed by atoms with Gasteiger partial charge in [-0.1, -0.05) is 17.7 Å². The molecule has 3 rings (SSSR count). The van der Waals surface area contributed by atoms with Gasteiger partial charge in [0, 0.05) is 15.9 Å². The minimum Gasteiger partial charge on any atom is -0.480 e. The van der Waals surface area contributed by atoms with Crippen molar-refractivity contribution in [3.05, 3.63) is 58.2 Å². The molecular weight excluding hydrogens is 458 g/mol. The number of H-pyrrole nitrogens is 1. The van der Waals surface area contributed by atoms with Gasteiger partial charge in [-0.15, -0.1) is 0 Å². The number of aromatic amines is 1. The lowest BCUT2D eigenvalue weighted by Gasteiger charge is -2.10. The van der Waals surface area contributed by atoms with Crippen molar-refractivity contribution >= 4 is 50.1 Å². The van der Waals surface area contributed by atoms with Crippen LogP contribution in [0.4, 0.5) is 0 Å². The fourth-order valence-corrected chi connectivity index (χ4v) is 5.23. The topological polar surface area (TPSA) is 145 Å². The number of hydrogen-bond acceptors (Lipinski definition) is 5. The second kappa shape index (κ2) is 9.01. The van der Waals surface area contributed by atoms with Gasteiger partial charge in [-0.25, -0.2) is 8.42 Å². The summed E-state index contributed by atoms with van der Waals surface area (Å²) in [4.78, 5) is 37.7. The molecule has 2 aromatic carbocycles. The first kappa shape index (κ1) is 23.3. The zero-order chi connectivity index (χ0) is 23.6. The van der Waals surface area contributed by atoms with Crippen molar-refractivity contribution in [1.29, 1.82) is 0 Å². The Labute approximate surface area is 188 Å². The minimum absolute atomic E-state index is 0.0177. The number of carbonyl (C=O) groups excluding carboxylic acids is 2. The molecule has 0 aliphatic heterocycles. The van der Waals surface area contributed by atoms with Crippen LogP contribution < -0.4 is 10.6 Å². The summed E-state index contributed by atoms with van der Waals surface area (Å²) in [5.74, 6) is -2.82. The number of rotatable bonds is 7. The number of aromatic nitrogens is 1. The number of aliphatic carboxylic acids is 1. The molecule has 0 spiro atoms. The molecule has 3 aromatic rings. The summed E-state index contributed by atoms with van der Waals surface area (Å²) in [6.07, 6.45) is 0. The Morgan fingerprint density at radius 1 is 1.00 bits per heavy atom. The average Bonchev–Trinajstić information content (AvgIpc) is 3.09. The Balaban J connectivity index is 2.06. The number of amides is 2. The zero-order valence-corrected chi connectivity index (χ0v) is 18.7. The van der Waals surface area contributed by atoms with Crippen molar-refractivity contribution in [2.24, 2.45) is 0 Å². The van der Waals surface area contributed by atoms with E-state index in [1.165, 1.54) is 18.2 Å². The Hall–Kier alpha value is -3.37. The van der Waals surface area contributed by atoms with Gasteiger partial charge in [-0.05, 0) is 55.3 Å². The number of carboxylic acid groups (broad SMARTS) is 1. The quantitative estimate of drug-likeness (QED) is 0.410. The number of benzene rings is 2. The number of fused-ring (bicyclic) bond motifs is 1. The first-order chi connectivity index (χ1) is 15.0. The molecule has 2 amide bonds. The van der Waals surface area contributed by atoms with Crippen LogP contribution in [0.2, 0.25) is 5.02 Å². The summed E-state index contributed by atoms with van der Waals surface area (Å²) in [6, 6.07) is 9.39. The van der Waals surface area contributed by atoms with Gasteiger partial charge >= 0.3 is 5.97 Å². The number of carboxylic acids is 1. The molecule has 4 N–H and O–H groups in total. The largest absolute Gasteiger partial charge is 0.480 e. The lowest BCUT2D eigenvalue weighted by Crippen LogP contribution is -2.39. The van der Waals surface area contributed by atoms with Crippen LogP contribution >= 0.6 is 11.6 Å². The lowest BCUT2D eigenvalue weighted by atomic mass is 10.2. The second-order valence-electron chi connectivity index (χ2n) is 7.20. The van der Waals surface area contributed by atoms with Crippen LogP contribution in [-0.2, 0) is 19.4 Å². The van der Waals surface area contributed by atoms with E-state index in [1.807, 2.05) is 6.07 Å². The molecule has 1 heterocycles. The molecule has 1 aromatic heterocycles. The number of sulfone groups is 1. The SMILES string of the molecule is Cc1cc(C)cc(S(=O)(=O)c2c(C(=O)NCC(=O)NCC(=O)O)[nH]c3ccc(Cl)cc23)c1. The van der Waals surface area contributed by atoms with Crippen molar-refractivity contribution in [3.63, 3.8) is 0 Å². The molecule has 0 saturated heterocycles. The van der Waals surface area contributed by atoms with E-state index >= 15 is 0 Å². The third kappa shape index (κ3) is 4.92. The van der Waals surface area contributed by atoms with E-state index in [1.54, 1.807) is 26.0 Å². The van der Waals surface area contributed by atoms with Crippen LogP contribution in [0.3, 0.4) is 0 Å². The van der Waals surface area contributed by atoms with Crippen molar-refractivity contribution in [3.8, 4) is 0 Å². The second-order valence-corrected chi connectivity index (χ2v) is 9.52. The highest BCUT2D eigenvalue weighted by molar-refractivity contribution is 7.91. The molecule has 11 heteroatoms. The predicted molar refractivity (Wildman–Crippen MR) is 118 cm³/mol. The van der Waals surface area contributed by atoms with E-state index < -0.39 is 40.7 Å². The number of aryl methyl sites for hydroxylation is 2. The number of nitrogens with one attached hydrogen (secondary N) is 3. The first-order valence-corrected chi connectivity index (χ1v) is 11.3. The maximum atomic E-state index is 13.6. The monoisotopic (exact) mass is 477 g/mol. The Morgan fingerprint density at radius 2 is 1.66 bits per heavy atom. The molecule has 9 nitrogen and oxygen atoms in total. The van der Waals surface area contributed by atoms with Gasteiger partial charge in [0.25, 0.3) is 5.91 Å². The minimum atomic E-state index is -4.15. The van der Waals surface area contributed by atoms with E-state index in [9.17, 15) is 22.8 Å². The standard InChI is InChI=1S/C21H20ClN3O6S/c1-11-5-12(2)7-14(6-11)32(30,31)20-15-8-13(22)3-4-16(15)25-19(20)21(29)24-9-17(26)23-10-18(27)28/h3-8,25H,9-10H2,1-2H3,(H,23,26)(H,24,29)(H,27,28). The fraction of sp³-hybridized carbons (Fsp3) is 0.190. The summed E-state index contributed by atoms with van der Waals surface area (Å²) in [6.45, 7) is 2.39. The van der Waals surface area contributed by atoms with E-state index in [-0.39, 0.29) is 25.9 Å². The normalized spacial score (nSPS) is 11.3. The van der Waals surface area contributed by atoms with Crippen molar-refractivity contribution in [2.45, 2.75) is 23.6 Å². The van der Waals surface area contributed by atoms with Crippen LogP contribution in [0.25, 0.3) is 10.9 Å². The van der Waals surface area contributed by atoms with Crippen LogP contribution in [0, 0.1) is 13.8 Å². The van der Waals surface area contributed by atoms with Crippen molar-refractivity contribution < 1.29 is 27.9 Å². The smallest absolute Gasteiger partial charge is 0.322 e. The molecule has 0 atom stereocenters. The summed E-state index contributed by atoms with van der Waals surface area (Å²) in [7, 11) is -4.15. The number of carbonyl (C=O) groups is 3. The van der Waals surface area contributed by atoms with E-state index in [4.69, 9.17) is 16.7 Å². The first-order valence-electron chi connectivity index (χ1n) is 9.40. The molecule has 0 unspecified atom stereocenters. The summed E-state index contributed by atoms with van der Waals surface area (Å²) < 4.78 is 27.2. The molecule has 0 bridgehead atoms. The Bertz CT molecular complexity index is 1330. The van der Waals surface area contributed by atoms with Gasteiger partial charge in [0.2, 0.25) is 15.7 Å². The summed E-state index contributed by atoms with van der Waals surface area (Å²) in [5, 5.41) is 13.5. The van der Waals surface area contributed by atoms with Gasteiger partial charge in [0.05, 0.1) is 11.4 Å². The fourth-order valence-electron chi connectivity index (χ4n) is 3.27. The highest BCUT2D eigenvalue weighted by Gasteiger charge is 2.30. The van der Waals surface area contributed by atoms with E-state index in [0.717, 1.165) is 11.1 Å². The van der Waals surface area contributed by atoms with Gasteiger partial charge in [-0.3, -0.25) is 14.4 Å². The predicted octanol–water partition coefficient (Wildman–Crippen LogP) is 2.20. The Morgan fingerprint density at radius 3 is 2.28 bits per heavy atom. The summed E-state index contributed by atoms with van der Waals surface area (Å²) in [5.41, 5.74) is 1.59. The highest BCUT2D eigenvalue weighted by Crippen LogP contribution is 2.34. The highest BCUT2D eigenvalue weighted by atomic mass is 35.5. The third-order valence-corrected chi connectivity index (χ3v) is 6.61. The van der Waals surface area contributed by atoms with E-state index in [2.05, 4.69) is 15.6 Å². The molecule has 32 heavy (non-hydrogen) atoms. The maximum Gasteiger partial charge on any atom is 0.322 e. The molecular formula is C21H20ClN3O6S. The molecule has 0 radical (unpaired) electrons. The number of halogens is 1. The molecule has 0 aliphatic rings. The maximum absolute atomic E-state index is 13.6. The van der Waals surface area contributed by atoms with Gasteiger partial charge in [0.1, 0.15) is 17.1 Å². The van der Waals surface area contributed by atoms with E-state index in [0.29, 0.717) is 5.52 Å². The lowest BCUT2D eigenvalue weighted by molar-refractivity contribution is -0.137. The van der Waals surface area contributed by atoms with Crippen LogP contribution in [0.5, 0.6) is 0 Å². The molecule has 0 saturated carbocycles. The van der Waals surface area contributed by atoms with Crippen LogP contribution in [0.15, 0.2) is 46.2 Å². The molecule has 0 aliphatic carbocycles. The van der Waals surface area contributed by atoms with Crippen molar-refractivity contribution in [2.75, 3.05) is 13.1 Å². The summed E-state index contributed by atoms with van der Waals surface area (Å²) >= 11 is 6.08. The Kier molecular flexibility index (Phi) is 6.56. The number of hydrogen-bond donors (Lipinski definition) is 4. The third-order valence-electron chi connectivity index (χ3n) is 4.56.